The van der Waals surface area contributed by atoms with Gasteiger partial charge in [0, 0.05) is 31.4 Å². The van der Waals surface area contributed by atoms with Gasteiger partial charge in [-0.3, -0.25) is 4.79 Å². The number of benzene rings is 1. The number of hydrogen-bond donors (Lipinski definition) is 2. The molecule has 0 radical (unpaired) electrons. The van der Waals surface area contributed by atoms with Crippen molar-refractivity contribution in [2.75, 3.05) is 30.3 Å². The third-order valence-corrected chi connectivity index (χ3v) is 5.70. The highest BCUT2D eigenvalue weighted by molar-refractivity contribution is 7.89. The summed E-state index contributed by atoms with van der Waals surface area (Å²) in [5.41, 5.74) is 1.60. The molecule has 1 heterocycles. The standard InChI is InChI=1S/C17H27N3O3S/c1-3-11-18-17(21)15-7-5-6-8-16(15)20-12-9-14(10-13-20)19-24(22,23)4-2/h5-8,14,19H,3-4,9-13H2,1-2H3,(H,18,21). The lowest BCUT2D eigenvalue weighted by Crippen LogP contribution is -2.45. The van der Waals surface area contributed by atoms with E-state index in [1.165, 1.54) is 0 Å². The molecule has 1 fully saturated rings. The zero-order chi connectivity index (χ0) is 17.6. The summed E-state index contributed by atoms with van der Waals surface area (Å²) in [4.78, 5) is 14.5. The molecule has 6 nitrogen and oxygen atoms in total. The minimum absolute atomic E-state index is 0.0210. The van der Waals surface area contributed by atoms with E-state index in [1.54, 1.807) is 6.92 Å². The lowest BCUT2D eigenvalue weighted by atomic mass is 10.0. The summed E-state index contributed by atoms with van der Waals surface area (Å²) in [7, 11) is -3.17. The van der Waals surface area contributed by atoms with E-state index in [9.17, 15) is 13.2 Å². The Labute approximate surface area is 144 Å². The van der Waals surface area contributed by atoms with Crippen molar-refractivity contribution in [3.8, 4) is 0 Å². The fraction of sp³-hybridized carbons (Fsp3) is 0.588. The van der Waals surface area contributed by atoms with E-state index in [4.69, 9.17) is 0 Å². The van der Waals surface area contributed by atoms with E-state index in [2.05, 4.69) is 14.9 Å². The minimum Gasteiger partial charge on any atom is -0.371 e. The first-order valence-corrected chi connectivity index (χ1v) is 10.2. The summed E-state index contributed by atoms with van der Waals surface area (Å²) in [6, 6.07) is 7.57. The Morgan fingerprint density at radius 2 is 1.88 bits per heavy atom. The Balaban J connectivity index is 2.03. The normalized spacial score (nSPS) is 16.2. The van der Waals surface area contributed by atoms with Crippen molar-refractivity contribution in [1.82, 2.24) is 10.0 Å². The minimum atomic E-state index is -3.17. The zero-order valence-electron chi connectivity index (χ0n) is 14.4. The molecule has 1 saturated heterocycles. The summed E-state index contributed by atoms with van der Waals surface area (Å²) in [5, 5.41) is 2.92. The second kappa shape index (κ2) is 8.48. The number of piperidine rings is 1. The molecule has 134 valence electrons. The molecular weight excluding hydrogens is 326 g/mol. The monoisotopic (exact) mass is 353 g/mol. The van der Waals surface area contributed by atoms with Crippen LogP contribution in [0.4, 0.5) is 5.69 Å². The average molecular weight is 353 g/mol. The van der Waals surface area contributed by atoms with Crippen LogP contribution >= 0.6 is 0 Å². The van der Waals surface area contributed by atoms with Crippen LogP contribution in [0.5, 0.6) is 0 Å². The predicted molar refractivity (Wildman–Crippen MR) is 96.9 cm³/mol. The lowest BCUT2D eigenvalue weighted by molar-refractivity contribution is 0.0954. The molecule has 24 heavy (non-hydrogen) atoms. The Kier molecular flexibility index (Phi) is 6.62. The van der Waals surface area contributed by atoms with Gasteiger partial charge in [-0.2, -0.15) is 0 Å². The molecule has 0 spiro atoms. The first-order chi connectivity index (χ1) is 11.5. The Hall–Kier alpha value is -1.60. The maximum absolute atomic E-state index is 12.3. The molecule has 1 aromatic rings. The number of hydrogen-bond acceptors (Lipinski definition) is 4. The van der Waals surface area contributed by atoms with Gasteiger partial charge < -0.3 is 10.2 Å². The molecule has 1 aliphatic rings. The number of amides is 1. The third kappa shape index (κ3) is 4.95. The second-order valence-electron chi connectivity index (χ2n) is 6.06. The molecule has 0 aliphatic carbocycles. The van der Waals surface area contributed by atoms with Crippen molar-refractivity contribution in [2.45, 2.75) is 39.2 Å². The molecule has 0 unspecified atom stereocenters. The number of carbonyl (C=O) groups is 1. The smallest absolute Gasteiger partial charge is 0.253 e. The fourth-order valence-electron chi connectivity index (χ4n) is 2.85. The summed E-state index contributed by atoms with van der Waals surface area (Å²) >= 11 is 0. The highest BCUT2D eigenvalue weighted by atomic mass is 32.2. The van der Waals surface area contributed by atoms with E-state index in [-0.39, 0.29) is 17.7 Å². The Morgan fingerprint density at radius 3 is 2.50 bits per heavy atom. The number of nitrogens with zero attached hydrogens (tertiary/aromatic N) is 1. The molecule has 7 heteroatoms. The molecule has 2 N–H and O–H groups in total. The summed E-state index contributed by atoms with van der Waals surface area (Å²) in [6.07, 6.45) is 2.38. The van der Waals surface area contributed by atoms with Crippen molar-refractivity contribution in [1.29, 1.82) is 0 Å². The van der Waals surface area contributed by atoms with Crippen LogP contribution in [0, 0.1) is 0 Å². The highest BCUT2D eigenvalue weighted by Crippen LogP contribution is 2.24. The maximum Gasteiger partial charge on any atom is 0.253 e. The number of para-hydroxylation sites is 1. The van der Waals surface area contributed by atoms with Crippen LogP contribution in [0.15, 0.2) is 24.3 Å². The summed E-state index contributed by atoms with van der Waals surface area (Å²) in [6.45, 7) is 5.79. The quantitative estimate of drug-likeness (QED) is 0.783. The van der Waals surface area contributed by atoms with Crippen LogP contribution < -0.4 is 14.9 Å². The largest absolute Gasteiger partial charge is 0.371 e. The van der Waals surface area contributed by atoms with Gasteiger partial charge in [0.15, 0.2) is 0 Å². The first kappa shape index (κ1) is 18.7. The van der Waals surface area contributed by atoms with Crippen molar-refractivity contribution in [2.24, 2.45) is 0 Å². The molecule has 1 aromatic carbocycles. The van der Waals surface area contributed by atoms with Gasteiger partial charge in [-0.25, -0.2) is 13.1 Å². The third-order valence-electron chi connectivity index (χ3n) is 4.25. The van der Waals surface area contributed by atoms with Gasteiger partial charge in [0.05, 0.1) is 11.3 Å². The van der Waals surface area contributed by atoms with E-state index in [1.807, 2.05) is 31.2 Å². The number of carbonyl (C=O) groups excluding carboxylic acids is 1. The van der Waals surface area contributed by atoms with E-state index in [0.29, 0.717) is 12.1 Å². The number of anilines is 1. The van der Waals surface area contributed by atoms with Crippen molar-refractivity contribution in [3.05, 3.63) is 29.8 Å². The van der Waals surface area contributed by atoms with Crippen LogP contribution in [-0.4, -0.2) is 45.8 Å². The summed E-state index contributed by atoms with van der Waals surface area (Å²) in [5.74, 6) is 0.0504. The van der Waals surface area contributed by atoms with Gasteiger partial charge >= 0.3 is 0 Å². The molecule has 1 aliphatic heterocycles. The van der Waals surface area contributed by atoms with Gasteiger partial charge in [0.25, 0.3) is 5.91 Å². The van der Waals surface area contributed by atoms with Crippen LogP contribution in [0.1, 0.15) is 43.5 Å². The van der Waals surface area contributed by atoms with Crippen molar-refractivity contribution >= 4 is 21.6 Å². The lowest BCUT2D eigenvalue weighted by Gasteiger charge is -2.34. The van der Waals surface area contributed by atoms with Gasteiger partial charge in [0.2, 0.25) is 10.0 Å². The second-order valence-corrected chi connectivity index (χ2v) is 8.10. The molecule has 1 amide bonds. The van der Waals surface area contributed by atoms with Gasteiger partial charge in [0.1, 0.15) is 0 Å². The highest BCUT2D eigenvalue weighted by Gasteiger charge is 2.24. The predicted octanol–water partition coefficient (Wildman–Crippen LogP) is 1.73. The average Bonchev–Trinajstić information content (AvgIpc) is 2.60. The molecule has 0 atom stereocenters. The van der Waals surface area contributed by atoms with E-state index < -0.39 is 10.0 Å². The Bertz CT molecular complexity index is 653. The number of sulfonamides is 1. The van der Waals surface area contributed by atoms with Gasteiger partial charge in [-0.15, -0.1) is 0 Å². The first-order valence-electron chi connectivity index (χ1n) is 8.59. The molecule has 0 saturated carbocycles. The van der Waals surface area contributed by atoms with Crippen LogP contribution in [0.3, 0.4) is 0 Å². The van der Waals surface area contributed by atoms with Crippen molar-refractivity contribution < 1.29 is 13.2 Å². The molecule has 2 rings (SSSR count). The molecule has 0 aromatic heterocycles. The number of nitrogens with one attached hydrogen (secondary N) is 2. The van der Waals surface area contributed by atoms with Crippen molar-refractivity contribution in [3.63, 3.8) is 0 Å². The molecule has 0 bridgehead atoms. The summed E-state index contributed by atoms with van der Waals surface area (Å²) < 4.78 is 26.1. The molecular formula is C17H27N3O3S. The number of rotatable bonds is 7. The van der Waals surface area contributed by atoms with Gasteiger partial charge in [-0.1, -0.05) is 19.1 Å². The van der Waals surface area contributed by atoms with Crippen LogP contribution in [0.25, 0.3) is 0 Å². The van der Waals surface area contributed by atoms with Gasteiger partial charge in [-0.05, 0) is 38.3 Å². The zero-order valence-corrected chi connectivity index (χ0v) is 15.2. The van der Waals surface area contributed by atoms with E-state index in [0.717, 1.165) is 38.0 Å². The SMILES string of the molecule is CCCNC(=O)c1ccccc1N1CCC(NS(=O)(=O)CC)CC1. The fourth-order valence-corrected chi connectivity index (χ4v) is 3.76. The Morgan fingerprint density at radius 1 is 1.21 bits per heavy atom. The van der Waals surface area contributed by atoms with Crippen LogP contribution in [-0.2, 0) is 10.0 Å². The maximum atomic E-state index is 12.3. The van der Waals surface area contributed by atoms with E-state index >= 15 is 0 Å². The topological polar surface area (TPSA) is 78.5 Å². The van der Waals surface area contributed by atoms with Crippen LogP contribution in [0.2, 0.25) is 0 Å².